The smallest absolute Gasteiger partial charge is 0.328 e. The highest BCUT2D eigenvalue weighted by atomic mass is 79.9. The minimum Gasteiger partial charge on any atom is -0.424 e. The van der Waals surface area contributed by atoms with Crippen molar-refractivity contribution in [2.24, 2.45) is 0 Å². The molecule has 0 aliphatic heterocycles. The number of nitrogens with two attached hydrogens (primary N) is 1. The Balaban J connectivity index is 2.29. The van der Waals surface area contributed by atoms with Gasteiger partial charge in [-0.2, -0.15) is 15.0 Å². The largest absolute Gasteiger partial charge is 0.424 e. The standard InChI is InChI=1S/C11H11BrFN5O/c1-18(2)10-15-9(14)16-11(17-10)19-6-3-4-8(13)7(12)5-6/h3-5H,1-2H3,(H2,14,15,16,17). The number of ether oxygens (including phenoxy) is 1. The molecule has 19 heavy (non-hydrogen) atoms. The summed E-state index contributed by atoms with van der Waals surface area (Å²) in [5.74, 6) is 0.443. The van der Waals surface area contributed by atoms with Gasteiger partial charge in [0.1, 0.15) is 11.6 Å². The van der Waals surface area contributed by atoms with Gasteiger partial charge in [-0.05, 0) is 34.1 Å². The minimum atomic E-state index is -0.378. The quantitative estimate of drug-likeness (QED) is 0.931. The van der Waals surface area contributed by atoms with Crippen molar-refractivity contribution < 1.29 is 9.13 Å². The van der Waals surface area contributed by atoms with Crippen molar-refractivity contribution in [3.63, 3.8) is 0 Å². The van der Waals surface area contributed by atoms with Crippen LogP contribution >= 0.6 is 15.9 Å². The lowest BCUT2D eigenvalue weighted by Crippen LogP contribution is -2.15. The van der Waals surface area contributed by atoms with Crippen molar-refractivity contribution in [3.05, 3.63) is 28.5 Å². The Kier molecular flexibility index (Phi) is 3.79. The summed E-state index contributed by atoms with van der Waals surface area (Å²) in [5.41, 5.74) is 5.57. The van der Waals surface area contributed by atoms with Gasteiger partial charge in [0, 0.05) is 14.1 Å². The Morgan fingerprint density at radius 1 is 1.26 bits per heavy atom. The minimum absolute atomic E-state index is 0.0507. The molecule has 8 heteroatoms. The van der Waals surface area contributed by atoms with E-state index in [1.54, 1.807) is 19.0 Å². The normalized spacial score (nSPS) is 10.3. The van der Waals surface area contributed by atoms with Crippen molar-refractivity contribution >= 4 is 27.8 Å². The fraction of sp³-hybridized carbons (Fsp3) is 0.182. The molecule has 0 unspecified atom stereocenters. The molecule has 0 aliphatic rings. The molecular formula is C11H11BrFN5O. The molecule has 0 amide bonds. The Bertz CT molecular complexity index is 608. The van der Waals surface area contributed by atoms with Crippen molar-refractivity contribution in [2.75, 3.05) is 24.7 Å². The van der Waals surface area contributed by atoms with Crippen molar-refractivity contribution in [2.45, 2.75) is 0 Å². The third kappa shape index (κ3) is 3.28. The maximum Gasteiger partial charge on any atom is 0.328 e. The maximum absolute atomic E-state index is 13.1. The summed E-state index contributed by atoms with van der Waals surface area (Å²) in [6.07, 6.45) is 0. The molecule has 6 nitrogen and oxygen atoms in total. The first-order valence-corrected chi connectivity index (χ1v) is 6.07. The van der Waals surface area contributed by atoms with Crippen LogP contribution in [0.15, 0.2) is 22.7 Å². The van der Waals surface area contributed by atoms with Gasteiger partial charge in [0.05, 0.1) is 4.47 Å². The van der Waals surface area contributed by atoms with E-state index < -0.39 is 0 Å². The fourth-order valence-corrected chi connectivity index (χ4v) is 1.61. The second-order valence-electron chi connectivity index (χ2n) is 3.85. The molecule has 1 heterocycles. The lowest BCUT2D eigenvalue weighted by molar-refractivity contribution is 0.439. The van der Waals surface area contributed by atoms with E-state index in [9.17, 15) is 4.39 Å². The van der Waals surface area contributed by atoms with Crippen LogP contribution in [0.4, 0.5) is 16.3 Å². The van der Waals surface area contributed by atoms with Crippen LogP contribution in [0.3, 0.4) is 0 Å². The van der Waals surface area contributed by atoms with Crippen molar-refractivity contribution in [1.29, 1.82) is 0 Å². The predicted molar refractivity (Wildman–Crippen MR) is 72.7 cm³/mol. The summed E-state index contributed by atoms with van der Waals surface area (Å²) in [6.45, 7) is 0. The van der Waals surface area contributed by atoms with Gasteiger partial charge in [0.15, 0.2) is 0 Å². The Morgan fingerprint density at radius 3 is 2.63 bits per heavy atom. The van der Waals surface area contributed by atoms with E-state index in [1.807, 2.05) is 0 Å². The second-order valence-corrected chi connectivity index (χ2v) is 4.70. The summed E-state index contributed by atoms with van der Waals surface area (Å²) in [5, 5.41) is 0. The molecule has 0 saturated carbocycles. The highest BCUT2D eigenvalue weighted by molar-refractivity contribution is 9.10. The summed E-state index contributed by atoms with van der Waals surface area (Å²) in [6, 6.07) is 4.27. The summed E-state index contributed by atoms with van der Waals surface area (Å²) in [7, 11) is 3.54. The van der Waals surface area contributed by atoms with Crippen LogP contribution in [0.5, 0.6) is 11.8 Å². The number of aromatic nitrogens is 3. The van der Waals surface area contributed by atoms with Gasteiger partial charge in [-0.3, -0.25) is 0 Å². The van der Waals surface area contributed by atoms with Gasteiger partial charge in [0.25, 0.3) is 0 Å². The first-order chi connectivity index (χ1) is 8.95. The SMILES string of the molecule is CN(C)c1nc(N)nc(Oc2ccc(F)c(Br)c2)n1. The monoisotopic (exact) mass is 327 g/mol. The number of nitrogen functional groups attached to an aromatic ring is 1. The van der Waals surface area contributed by atoms with E-state index in [0.717, 1.165) is 0 Å². The number of rotatable bonds is 3. The van der Waals surface area contributed by atoms with E-state index in [1.165, 1.54) is 18.2 Å². The molecule has 0 spiro atoms. The molecule has 2 rings (SSSR count). The first-order valence-electron chi connectivity index (χ1n) is 5.27. The number of benzene rings is 1. The number of nitrogens with zero attached hydrogens (tertiary/aromatic N) is 4. The van der Waals surface area contributed by atoms with E-state index in [2.05, 4.69) is 30.9 Å². The van der Waals surface area contributed by atoms with Gasteiger partial charge in [-0.1, -0.05) is 0 Å². The molecule has 2 aromatic rings. The molecule has 0 atom stereocenters. The molecule has 0 saturated heterocycles. The third-order valence-corrected chi connectivity index (χ3v) is 2.73. The van der Waals surface area contributed by atoms with Crippen LogP contribution in [0.25, 0.3) is 0 Å². The molecule has 0 aliphatic carbocycles. The van der Waals surface area contributed by atoms with Crippen molar-refractivity contribution in [3.8, 4) is 11.8 Å². The van der Waals surface area contributed by atoms with Crippen LogP contribution < -0.4 is 15.4 Å². The zero-order valence-electron chi connectivity index (χ0n) is 10.3. The van der Waals surface area contributed by atoms with E-state index in [-0.39, 0.29) is 17.8 Å². The highest BCUT2D eigenvalue weighted by Gasteiger charge is 2.09. The fourth-order valence-electron chi connectivity index (χ4n) is 1.25. The van der Waals surface area contributed by atoms with Gasteiger partial charge in [0.2, 0.25) is 11.9 Å². The van der Waals surface area contributed by atoms with Crippen LogP contribution in [0.1, 0.15) is 0 Å². The lowest BCUT2D eigenvalue weighted by atomic mass is 10.3. The predicted octanol–water partition coefficient (Wildman–Crippen LogP) is 2.21. The molecule has 0 radical (unpaired) electrons. The summed E-state index contributed by atoms with van der Waals surface area (Å²) >= 11 is 3.07. The average molecular weight is 328 g/mol. The molecule has 0 fully saturated rings. The van der Waals surface area contributed by atoms with Crippen molar-refractivity contribution in [1.82, 2.24) is 15.0 Å². The van der Waals surface area contributed by atoms with Crippen LogP contribution in [-0.4, -0.2) is 29.0 Å². The first kappa shape index (κ1) is 13.5. The Labute approximate surface area is 117 Å². The Morgan fingerprint density at radius 2 is 2.00 bits per heavy atom. The zero-order chi connectivity index (χ0) is 14.0. The van der Waals surface area contributed by atoms with Gasteiger partial charge in [-0.15, -0.1) is 0 Å². The summed E-state index contributed by atoms with van der Waals surface area (Å²) in [4.78, 5) is 13.5. The highest BCUT2D eigenvalue weighted by Crippen LogP contribution is 2.25. The molecule has 1 aromatic carbocycles. The van der Waals surface area contributed by atoms with Crippen LogP contribution in [0, 0.1) is 5.82 Å². The van der Waals surface area contributed by atoms with E-state index in [0.29, 0.717) is 16.2 Å². The molecule has 100 valence electrons. The molecule has 0 bridgehead atoms. The third-order valence-electron chi connectivity index (χ3n) is 2.12. The lowest BCUT2D eigenvalue weighted by Gasteiger charge is -2.11. The molecule has 1 aromatic heterocycles. The van der Waals surface area contributed by atoms with E-state index >= 15 is 0 Å². The number of hydrogen-bond donors (Lipinski definition) is 1. The molecule has 2 N–H and O–H groups in total. The number of hydrogen-bond acceptors (Lipinski definition) is 6. The maximum atomic E-state index is 13.1. The van der Waals surface area contributed by atoms with Gasteiger partial charge >= 0.3 is 6.01 Å². The topological polar surface area (TPSA) is 77.2 Å². The second kappa shape index (κ2) is 5.35. The van der Waals surface area contributed by atoms with Crippen LogP contribution in [0.2, 0.25) is 0 Å². The van der Waals surface area contributed by atoms with Gasteiger partial charge in [-0.25, -0.2) is 4.39 Å². The van der Waals surface area contributed by atoms with Gasteiger partial charge < -0.3 is 15.4 Å². The average Bonchev–Trinajstić information content (AvgIpc) is 2.33. The Hall–Kier alpha value is -1.96. The zero-order valence-corrected chi connectivity index (χ0v) is 11.8. The molecular weight excluding hydrogens is 317 g/mol. The number of halogens is 2. The van der Waals surface area contributed by atoms with E-state index in [4.69, 9.17) is 10.5 Å². The van der Waals surface area contributed by atoms with Crippen LogP contribution in [-0.2, 0) is 0 Å². The number of anilines is 2. The summed E-state index contributed by atoms with van der Waals surface area (Å²) < 4.78 is 18.8.